The summed E-state index contributed by atoms with van der Waals surface area (Å²) in [6.45, 7) is 0. The Morgan fingerprint density at radius 2 is 1.87 bits per heavy atom. The molecule has 0 unspecified atom stereocenters. The average molecular weight is 349 g/mol. The number of rotatable bonds is 4. The first kappa shape index (κ1) is 15.6. The van der Waals surface area contributed by atoms with Gasteiger partial charge in [0.2, 0.25) is 0 Å². The number of halogens is 1. The van der Waals surface area contributed by atoms with Gasteiger partial charge in [-0.3, -0.25) is 10.1 Å². The van der Waals surface area contributed by atoms with Crippen LogP contribution in [0.2, 0.25) is 5.02 Å². The van der Waals surface area contributed by atoms with E-state index in [9.17, 15) is 4.79 Å². The fourth-order valence-corrected chi connectivity index (χ4v) is 3.32. The van der Waals surface area contributed by atoms with Crippen LogP contribution >= 0.6 is 22.9 Å². The largest absolute Gasteiger partial charge is 0.496 e. The first-order valence-electron chi connectivity index (χ1n) is 6.71. The Hall–Kier alpha value is -2.31. The topological polar surface area (TPSA) is 60.5 Å². The molecule has 2 aromatic carbocycles. The fraction of sp³-hybridized carbons (Fsp3) is 0.125. The molecule has 23 heavy (non-hydrogen) atoms. The van der Waals surface area contributed by atoms with Gasteiger partial charge in [0.05, 0.1) is 24.4 Å². The normalized spacial score (nSPS) is 10.6. The van der Waals surface area contributed by atoms with E-state index < -0.39 is 0 Å². The van der Waals surface area contributed by atoms with Gasteiger partial charge in [-0.1, -0.05) is 29.0 Å². The SMILES string of the molecule is COc1cccc(OC)c1C(=O)Nc1nc2ccc(Cl)cc2s1. The molecule has 0 atom stereocenters. The highest BCUT2D eigenvalue weighted by Gasteiger charge is 2.19. The number of hydrogen-bond donors (Lipinski definition) is 1. The van der Waals surface area contributed by atoms with E-state index in [2.05, 4.69) is 10.3 Å². The Kier molecular flexibility index (Phi) is 4.36. The van der Waals surface area contributed by atoms with E-state index in [4.69, 9.17) is 21.1 Å². The molecule has 0 saturated carbocycles. The molecule has 5 nitrogen and oxygen atoms in total. The molecule has 1 N–H and O–H groups in total. The predicted molar refractivity (Wildman–Crippen MR) is 92.1 cm³/mol. The van der Waals surface area contributed by atoms with Crippen LogP contribution < -0.4 is 14.8 Å². The van der Waals surface area contributed by atoms with Crippen molar-refractivity contribution in [3.05, 3.63) is 47.0 Å². The Balaban J connectivity index is 1.94. The number of amides is 1. The van der Waals surface area contributed by atoms with Crippen molar-refractivity contribution in [3.63, 3.8) is 0 Å². The van der Waals surface area contributed by atoms with Crippen LogP contribution in [0.25, 0.3) is 10.2 Å². The van der Waals surface area contributed by atoms with Crippen LogP contribution in [0, 0.1) is 0 Å². The molecule has 1 aromatic heterocycles. The van der Waals surface area contributed by atoms with E-state index in [-0.39, 0.29) is 5.91 Å². The lowest BCUT2D eigenvalue weighted by Gasteiger charge is -2.11. The number of benzene rings is 2. The predicted octanol–water partition coefficient (Wildman–Crippen LogP) is 4.22. The number of anilines is 1. The first-order chi connectivity index (χ1) is 11.1. The molecule has 0 aliphatic rings. The van der Waals surface area contributed by atoms with Gasteiger partial charge in [0, 0.05) is 5.02 Å². The van der Waals surface area contributed by atoms with Gasteiger partial charge in [-0.05, 0) is 30.3 Å². The minimum Gasteiger partial charge on any atom is -0.496 e. The lowest BCUT2D eigenvalue weighted by molar-refractivity contribution is 0.102. The van der Waals surface area contributed by atoms with Crippen molar-refractivity contribution in [1.29, 1.82) is 0 Å². The maximum atomic E-state index is 12.6. The minimum absolute atomic E-state index is 0.329. The molecule has 3 rings (SSSR count). The summed E-state index contributed by atoms with van der Waals surface area (Å²) in [5.74, 6) is 0.529. The summed E-state index contributed by atoms with van der Waals surface area (Å²) in [7, 11) is 3.01. The van der Waals surface area contributed by atoms with Gasteiger partial charge in [0.25, 0.3) is 5.91 Å². The molecule has 1 heterocycles. The van der Waals surface area contributed by atoms with Crippen LogP contribution in [0.15, 0.2) is 36.4 Å². The van der Waals surface area contributed by atoms with E-state index in [1.54, 1.807) is 24.3 Å². The lowest BCUT2D eigenvalue weighted by Crippen LogP contribution is -2.14. The molecular formula is C16H13ClN2O3S. The van der Waals surface area contributed by atoms with Gasteiger partial charge >= 0.3 is 0 Å². The zero-order valence-electron chi connectivity index (χ0n) is 12.4. The van der Waals surface area contributed by atoms with E-state index in [0.29, 0.717) is 27.2 Å². The van der Waals surface area contributed by atoms with Gasteiger partial charge in [-0.15, -0.1) is 0 Å². The Labute approximate surface area is 141 Å². The second-order valence-corrected chi connectivity index (χ2v) is 6.09. The number of aromatic nitrogens is 1. The maximum Gasteiger partial charge on any atom is 0.265 e. The highest BCUT2D eigenvalue weighted by atomic mass is 35.5. The number of carbonyl (C=O) groups is 1. The molecule has 0 aliphatic heterocycles. The molecule has 0 saturated heterocycles. The minimum atomic E-state index is -0.343. The van der Waals surface area contributed by atoms with Gasteiger partial charge in [-0.2, -0.15) is 0 Å². The van der Waals surface area contributed by atoms with E-state index in [0.717, 1.165) is 10.2 Å². The van der Waals surface area contributed by atoms with Crippen LogP contribution in [0.5, 0.6) is 11.5 Å². The summed E-state index contributed by atoms with van der Waals surface area (Å²) in [5, 5.41) is 3.90. The molecule has 0 spiro atoms. The highest BCUT2D eigenvalue weighted by molar-refractivity contribution is 7.22. The number of nitrogens with zero attached hydrogens (tertiary/aromatic N) is 1. The average Bonchev–Trinajstić information content (AvgIpc) is 2.94. The van der Waals surface area contributed by atoms with Crippen molar-refractivity contribution >= 4 is 44.2 Å². The maximum absolute atomic E-state index is 12.6. The van der Waals surface area contributed by atoms with Crippen molar-refractivity contribution in [3.8, 4) is 11.5 Å². The van der Waals surface area contributed by atoms with E-state index in [1.807, 2.05) is 12.1 Å². The molecule has 0 bridgehead atoms. The Morgan fingerprint density at radius 3 is 2.52 bits per heavy atom. The van der Waals surface area contributed by atoms with E-state index >= 15 is 0 Å². The third-order valence-electron chi connectivity index (χ3n) is 3.23. The zero-order valence-corrected chi connectivity index (χ0v) is 14.0. The van der Waals surface area contributed by atoms with Crippen LogP contribution in [0.3, 0.4) is 0 Å². The summed E-state index contributed by atoms with van der Waals surface area (Å²) in [4.78, 5) is 17.0. The number of hydrogen-bond acceptors (Lipinski definition) is 5. The molecule has 0 aliphatic carbocycles. The molecular weight excluding hydrogens is 336 g/mol. The summed E-state index contributed by atoms with van der Waals surface area (Å²) in [6.07, 6.45) is 0. The molecule has 0 fully saturated rings. The van der Waals surface area contributed by atoms with Crippen LogP contribution in [0.1, 0.15) is 10.4 Å². The molecule has 0 radical (unpaired) electrons. The number of ether oxygens (including phenoxy) is 2. The van der Waals surface area contributed by atoms with Gasteiger partial charge in [0.1, 0.15) is 17.1 Å². The number of methoxy groups -OCH3 is 2. The van der Waals surface area contributed by atoms with Crippen molar-refractivity contribution in [1.82, 2.24) is 4.98 Å². The van der Waals surface area contributed by atoms with E-state index in [1.165, 1.54) is 25.6 Å². The number of fused-ring (bicyclic) bond motifs is 1. The van der Waals surface area contributed by atoms with Gasteiger partial charge < -0.3 is 9.47 Å². The van der Waals surface area contributed by atoms with Crippen molar-refractivity contribution in [2.75, 3.05) is 19.5 Å². The smallest absolute Gasteiger partial charge is 0.265 e. The van der Waals surface area contributed by atoms with Crippen molar-refractivity contribution < 1.29 is 14.3 Å². The van der Waals surface area contributed by atoms with Crippen LogP contribution in [-0.2, 0) is 0 Å². The van der Waals surface area contributed by atoms with Crippen LogP contribution in [-0.4, -0.2) is 25.1 Å². The Morgan fingerprint density at radius 1 is 1.17 bits per heavy atom. The third kappa shape index (κ3) is 3.09. The highest BCUT2D eigenvalue weighted by Crippen LogP contribution is 2.32. The lowest BCUT2D eigenvalue weighted by atomic mass is 10.1. The number of nitrogens with one attached hydrogen (secondary N) is 1. The van der Waals surface area contributed by atoms with Crippen LogP contribution in [0.4, 0.5) is 5.13 Å². The molecule has 118 valence electrons. The third-order valence-corrected chi connectivity index (χ3v) is 4.39. The Bertz CT molecular complexity index is 857. The standard InChI is InChI=1S/C16H13ClN2O3S/c1-21-11-4-3-5-12(22-2)14(11)15(20)19-16-18-10-7-6-9(17)8-13(10)23-16/h3-8H,1-2H3,(H,18,19,20). The molecule has 1 amide bonds. The number of carbonyl (C=O) groups excluding carboxylic acids is 1. The van der Waals surface area contributed by atoms with Crippen molar-refractivity contribution in [2.24, 2.45) is 0 Å². The van der Waals surface area contributed by atoms with Gasteiger partial charge in [-0.25, -0.2) is 4.98 Å². The quantitative estimate of drug-likeness (QED) is 0.766. The molecule has 7 heteroatoms. The monoisotopic (exact) mass is 348 g/mol. The van der Waals surface area contributed by atoms with Gasteiger partial charge in [0.15, 0.2) is 5.13 Å². The zero-order chi connectivity index (χ0) is 16.4. The molecule has 3 aromatic rings. The number of thiazole rings is 1. The second-order valence-electron chi connectivity index (χ2n) is 4.62. The summed E-state index contributed by atoms with van der Waals surface area (Å²) >= 11 is 7.32. The second kappa shape index (κ2) is 6.44. The first-order valence-corrected chi connectivity index (χ1v) is 7.90. The summed E-state index contributed by atoms with van der Waals surface area (Å²) < 4.78 is 11.4. The summed E-state index contributed by atoms with van der Waals surface area (Å²) in [5.41, 5.74) is 1.11. The fourth-order valence-electron chi connectivity index (χ4n) is 2.19. The van der Waals surface area contributed by atoms with Crippen molar-refractivity contribution in [2.45, 2.75) is 0 Å². The summed E-state index contributed by atoms with van der Waals surface area (Å²) in [6, 6.07) is 10.6.